The second-order valence-electron chi connectivity index (χ2n) is 2.65. The van der Waals surface area contributed by atoms with Crippen molar-refractivity contribution in [3.8, 4) is 0 Å². The molecule has 80 valence electrons. The van der Waals surface area contributed by atoms with Gasteiger partial charge in [0.2, 0.25) is 0 Å². The maximum absolute atomic E-state index is 11.7. The van der Waals surface area contributed by atoms with Crippen LogP contribution in [-0.4, -0.2) is 18.6 Å². The van der Waals surface area contributed by atoms with E-state index in [9.17, 15) is 8.42 Å². The third-order valence-electron chi connectivity index (χ3n) is 1.56. The standard InChI is InChI=1S/C7H6BrN3O2S2/c8-6-1-2-7(14-6)15(12,13)11-5-3-9-10-4-5/h1-4,11H,(H,9,10). The topological polar surface area (TPSA) is 74.8 Å². The number of sulfonamides is 1. The van der Waals surface area contributed by atoms with E-state index in [0.717, 1.165) is 15.1 Å². The molecule has 2 aromatic rings. The number of anilines is 1. The average Bonchev–Trinajstić information content (AvgIpc) is 2.75. The second-order valence-corrected chi connectivity index (χ2v) is 7.02. The number of hydrogen-bond acceptors (Lipinski definition) is 4. The Bertz CT molecular complexity index is 547. The lowest BCUT2D eigenvalue weighted by molar-refractivity contribution is 0.603. The SMILES string of the molecule is O=S(=O)(Nc1cn[nH]c1)c1ccc(Br)s1. The molecule has 0 unspecified atom stereocenters. The molecule has 0 aliphatic carbocycles. The molecule has 15 heavy (non-hydrogen) atoms. The summed E-state index contributed by atoms with van der Waals surface area (Å²) < 4.78 is 26.9. The van der Waals surface area contributed by atoms with Crippen LogP contribution in [0.1, 0.15) is 0 Å². The number of thiophene rings is 1. The van der Waals surface area contributed by atoms with Gasteiger partial charge in [0.1, 0.15) is 4.21 Å². The van der Waals surface area contributed by atoms with Crippen molar-refractivity contribution in [1.29, 1.82) is 0 Å². The first-order valence-corrected chi connectivity index (χ1v) is 6.94. The molecule has 8 heteroatoms. The molecule has 5 nitrogen and oxygen atoms in total. The zero-order valence-electron chi connectivity index (χ0n) is 7.27. The maximum Gasteiger partial charge on any atom is 0.271 e. The number of nitrogens with zero attached hydrogens (tertiary/aromatic N) is 1. The second kappa shape index (κ2) is 3.95. The Morgan fingerprint density at radius 2 is 2.27 bits per heavy atom. The molecule has 0 aliphatic heterocycles. The van der Waals surface area contributed by atoms with Crippen LogP contribution in [-0.2, 0) is 10.0 Å². The number of aromatic amines is 1. The van der Waals surface area contributed by atoms with E-state index in [1.165, 1.54) is 18.5 Å². The molecule has 2 heterocycles. The Balaban J connectivity index is 2.28. The summed E-state index contributed by atoms with van der Waals surface area (Å²) in [5.74, 6) is 0. The number of nitrogens with one attached hydrogen (secondary N) is 2. The highest BCUT2D eigenvalue weighted by Crippen LogP contribution is 2.27. The molecule has 0 amide bonds. The Labute approximate surface area is 98.7 Å². The van der Waals surface area contributed by atoms with Crippen LogP contribution in [0.15, 0.2) is 32.5 Å². The summed E-state index contributed by atoms with van der Waals surface area (Å²) in [5.41, 5.74) is 0.416. The van der Waals surface area contributed by atoms with Crippen LogP contribution < -0.4 is 4.72 Å². The van der Waals surface area contributed by atoms with Gasteiger partial charge >= 0.3 is 0 Å². The molecule has 0 saturated heterocycles. The zero-order valence-corrected chi connectivity index (χ0v) is 10.5. The minimum Gasteiger partial charge on any atom is -0.284 e. The van der Waals surface area contributed by atoms with Crippen LogP contribution in [0.4, 0.5) is 5.69 Å². The van der Waals surface area contributed by atoms with Gasteiger partial charge in [-0.3, -0.25) is 9.82 Å². The maximum atomic E-state index is 11.7. The van der Waals surface area contributed by atoms with Gasteiger partial charge in [-0.1, -0.05) is 0 Å². The van der Waals surface area contributed by atoms with Crippen LogP contribution in [0.5, 0.6) is 0 Å². The van der Waals surface area contributed by atoms with Crippen molar-refractivity contribution < 1.29 is 8.42 Å². The van der Waals surface area contributed by atoms with Crippen molar-refractivity contribution >= 4 is 43.0 Å². The summed E-state index contributed by atoms with van der Waals surface area (Å²) in [6.07, 6.45) is 2.88. The smallest absolute Gasteiger partial charge is 0.271 e. The van der Waals surface area contributed by atoms with Gasteiger partial charge in [-0.2, -0.15) is 5.10 Å². The molecular formula is C7H6BrN3O2S2. The van der Waals surface area contributed by atoms with Crippen LogP contribution in [0.25, 0.3) is 0 Å². The lowest BCUT2D eigenvalue weighted by Crippen LogP contribution is -2.10. The van der Waals surface area contributed by atoms with E-state index in [0.29, 0.717) is 5.69 Å². The number of halogens is 1. The largest absolute Gasteiger partial charge is 0.284 e. The molecule has 0 aromatic carbocycles. The highest BCUT2D eigenvalue weighted by atomic mass is 79.9. The van der Waals surface area contributed by atoms with Gasteiger partial charge < -0.3 is 0 Å². The Morgan fingerprint density at radius 1 is 1.47 bits per heavy atom. The van der Waals surface area contributed by atoms with E-state index < -0.39 is 10.0 Å². The van der Waals surface area contributed by atoms with E-state index in [4.69, 9.17) is 0 Å². The van der Waals surface area contributed by atoms with Crippen LogP contribution in [0.2, 0.25) is 0 Å². The highest BCUT2D eigenvalue weighted by molar-refractivity contribution is 9.11. The summed E-state index contributed by atoms with van der Waals surface area (Å²) in [6.45, 7) is 0. The lowest BCUT2D eigenvalue weighted by atomic mass is 10.6. The molecule has 2 aromatic heterocycles. The van der Waals surface area contributed by atoms with Crippen LogP contribution in [0.3, 0.4) is 0 Å². The summed E-state index contributed by atoms with van der Waals surface area (Å²) >= 11 is 4.36. The number of H-pyrrole nitrogens is 1. The number of rotatable bonds is 3. The molecule has 0 spiro atoms. The number of hydrogen-bond donors (Lipinski definition) is 2. The zero-order chi connectivity index (χ0) is 10.9. The summed E-state index contributed by atoms with van der Waals surface area (Å²) in [4.78, 5) is 0. The minimum atomic E-state index is -3.48. The third-order valence-corrected chi connectivity index (χ3v) is 5.06. The summed E-state index contributed by atoms with van der Waals surface area (Å²) in [7, 11) is -3.48. The van der Waals surface area contributed by atoms with Crippen molar-refractivity contribution in [3.63, 3.8) is 0 Å². The Hall–Kier alpha value is -0.860. The molecule has 0 fully saturated rings. The van der Waals surface area contributed by atoms with Gasteiger partial charge in [0, 0.05) is 6.20 Å². The van der Waals surface area contributed by atoms with Crippen molar-refractivity contribution in [2.75, 3.05) is 4.72 Å². The first-order valence-electron chi connectivity index (χ1n) is 3.85. The molecule has 0 saturated carbocycles. The molecule has 2 rings (SSSR count). The van der Waals surface area contributed by atoms with Gasteiger partial charge in [-0.05, 0) is 28.1 Å². The highest BCUT2D eigenvalue weighted by Gasteiger charge is 2.16. The quantitative estimate of drug-likeness (QED) is 0.911. The summed E-state index contributed by atoms with van der Waals surface area (Å²) in [5, 5.41) is 6.17. The Morgan fingerprint density at radius 3 is 2.80 bits per heavy atom. The molecule has 0 aliphatic rings. The lowest BCUT2D eigenvalue weighted by Gasteiger charge is -2.01. The molecule has 0 atom stereocenters. The first kappa shape index (κ1) is 10.7. The molecule has 0 bridgehead atoms. The monoisotopic (exact) mass is 307 g/mol. The van der Waals surface area contributed by atoms with Crippen LogP contribution in [0, 0.1) is 0 Å². The van der Waals surface area contributed by atoms with Gasteiger partial charge in [0.25, 0.3) is 10.0 Å². The molecular weight excluding hydrogens is 302 g/mol. The van der Waals surface area contributed by atoms with E-state index >= 15 is 0 Å². The van der Waals surface area contributed by atoms with Crippen molar-refractivity contribution in [1.82, 2.24) is 10.2 Å². The summed E-state index contributed by atoms with van der Waals surface area (Å²) in [6, 6.07) is 3.23. The minimum absolute atomic E-state index is 0.260. The number of aromatic nitrogens is 2. The van der Waals surface area contributed by atoms with Gasteiger partial charge in [-0.15, -0.1) is 11.3 Å². The molecule has 2 N–H and O–H groups in total. The Kier molecular flexibility index (Phi) is 2.81. The van der Waals surface area contributed by atoms with E-state index in [1.807, 2.05) is 0 Å². The van der Waals surface area contributed by atoms with E-state index in [-0.39, 0.29) is 4.21 Å². The third kappa shape index (κ3) is 2.39. The van der Waals surface area contributed by atoms with Crippen molar-refractivity contribution in [3.05, 3.63) is 28.3 Å². The van der Waals surface area contributed by atoms with Crippen LogP contribution >= 0.6 is 27.3 Å². The fourth-order valence-electron chi connectivity index (χ4n) is 0.954. The first-order chi connectivity index (χ1) is 7.08. The van der Waals surface area contributed by atoms with E-state index in [2.05, 4.69) is 30.8 Å². The van der Waals surface area contributed by atoms with Gasteiger partial charge in [-0.25, -0.2) is 8.42 Å². The van der Waals surface area contributed by atoms with Gasteiger partial charge in [0.05, 0.1) is 15.7 Å². The molecule has 0 radical (unpaired) electrons. The van der Waals surface area contributed by atoms with Crippen molar-refractivity contribution in [2.45, 2.75) is 4.21 Å². The predicted molar refractivity (Wildman–Crippen MR) is 61.4 cm³/mol. The normalized spacial score (nSPS) is 11.5. The predicted octanol–water partition coefficient (Wildman–Crippen LogP) is 2.03. The van der Waals surface area contributed by atoms with E-state index in [1.54, 1.807) is 6.07 Å². The fraction of sp³-hybridized carbons (Fsp3) is 0. The van der Waals surface area contributed by atoms with Crippen molar-refractivity contribution in [2.24, 2.45) is 0 Å². The van der Waals surface area contributed by atoms with Gasteiger partial charge in [0.15, 0.2) is 0 Å². The fourth-order valence-corrected chi connectivity index (χ4v) is 4.00. The average molecular weight is 308 g/mol.